The van der Waals surface area contributed by atoms with Crippen molar-refractivity contribution in [1.82, 2.24) is 10.6 Å². The molecule has 41 heavy (non-hydrogen) atoms. The van der Waals surface area contributed by atoms with Crippen LogP contribution in [0.3, 0.4) is 0 Å². The van der Waals surface area contributed by atoms with E-state index < -0.39 is 17.8 Å². The zero-order chi connectivity index (χ0) is 31.5. The van der Waals surface area contributed by atoms with Crippen LogP contribution in [0.1, 0.15) is 112 Å². The van der Waals surface area contributed by atoms with Crippen LogP contribution in [0.15, 0.2) is 35.3 Å². The number of ketones is 2. The molecule has 9 nitrogen and oxygen atoms in total. The van der Waals surface area contributed by atoms with Crippen LogP contribution in [0.4, 0.5) is 9.59 Å². The Morgan fingerprint density at radius 3 is 1.83 bits per heavy atom. The van der Waals surface area contributed by atoms with Gasteiger partial charge in [0.1, 0.15) is 23.8 Å². The summed E-state index contributed by atoms with van der Waals surface area (Å²) in [5, 5.41) is 5.91. The predicted octanol–water partition coefficient (Wildman–Crippen LogP) is 7.21. The number of carbonyl (C=O) groups excluding carboxylic acids is 4. The lowest BCUT2D eigenvalue weighted by Gasteiger charge is -2.17. The molecular formula is C32H55N3O6. The number of carbonyl (C=O) groups is 4. The fourth-order valence-corrected chi connectivity index (χ4v) is 3.19. The summed E-state index contributed by atoms with van der Waals surface area (Å²) in [6.07, 6.45) is 6.05. The number of rotatable bonds is 16. The Bertz CT molecular complexity index is 879. The zero-order valence-corrected chi connectivity index (χ0v) is 26.8. The van der Waals surface area contributed by atoms with Gasteiger partial charge in [-0.25, -0.2) is 9.59 Å². The summed E-state index contributed by atoms with van der Waals surface area (Å²) < 4.78 is 10.2. The second kappa shape index (κ2) is 25.9. The summed E-state index contributed by atoms with van der Waals surface area (Å²) in [7, 11) is 0. The molecule has 0 bridgehead atoms. The van der Waals surface area contributed by atoms with Gasteiger partial charge in [0.05, 0.1) is 0 Å². The number of nitrogens with one attached hydrogen (secondary N) is 2. The number of Topliss-reactive ketones (excluding diaryl/α,β-unsaturated/α-hetero) is 2. The van der Waals surface area contributed by atoms with Crippen LogP contribution in [-0.4, -0.2) is 54.7 Å². The molecular weight excluding hydrogens is 522 g/mol. The van der Waals surface area contributed by atoms with Gasteiger partial charge in [-0.15, -0.1) is 0 Å². The fraction of sp³-hybridized carbons (Fsp3) is 0.656. The first-order valence-electron chi connectivity index (χ1n) is 14.8. The Balaban J connectivity index is 0. The minimum atomic E-state index is -0.543. The predicted molar refractivity (Wildman–Crippen MR) is 166 cm³/mol. The monoisotopic (exact) mass is 577 g/mol. The first-order chi connectivity index (χ1) is 19.4. The number of benzene rings is 1. The van der Waals surface area contributed by atoms with E-state index in [1.165, 1.54) is 0 Å². The first-order valence-corrected chi connectivity index (χ1v) is 14.8. The molecule has 0 radical (unpaired) electrons. The molecule has 9 heteroatoms. The van der Waals surface area contributed by atoms with Crippen molar-refractivity contribution >= 4 is 29.5 Å². The molecule has 0 saturated heterocycles. The molecule has 0 atom stereocenters. The van der Waals surface area contributed by atoms with Crippen molar-refractivity contribution in [1.29, 1.82) is 0 Å². The van der Waals surface area contributed by atoms with E-state index in [9.17, 15) is 19.2 Å². The van der Waals surface area contributed by atoms with Crippen molar-refractivity contribution in [3.8, 4) is 0 Å². The normalized spacial score (nSPS) is 10.8. The lowest BCUT2D eigenvalue weighted by Crippen LogP contribution is -2.25. The third kappa shape index (κ3) is 31.3. The average Bonchev–Trinajstić information content (AvgIpc) is 2.89. The van der Waals surface area contributed by atoms with Crippen molar-refractivity contribution in [2.24, 2.45) is 4.99 Å². The highest BCUT2D eigenvalue weighted by Crippen LogP contribution is 2.08. The number of alkyl carbamates (subject to hydrolysis) is 1. The third-order valence-electron chi connectivity index (χ3n) is 5.13. The maximum atomic E-state index is 11.4. The highest BCUT2D eigenvalue weighted by Gasteiger charge is 2.15. The van der Waals surface area contributed by atoms with Crippen molar-refractivity contribution in [3.63, 3.8) is 0 Å². The van der Waals surface area contributed by atoms with Crippen LogP contribution >= 0.6 is 0 Å². The van der Waals surface area contributed by atoms with Crippen LogP contribution < -0.4 is 10.6 Å². The maximum absolute atomic E-state index is 11.4. The van der Waals surface area contributed by atoms with E-state index in [1.54, 1.807) is 20.8 Å². The van der Waals surface area contributed by atoms with Crippen molar-refractivity contribution in [2.45, 2.75) is 119 Å². The Labute approximate surface area is 248 Å². The lowest BCUT2D eigenvalue weighted by molar-refractivity contribution is -0.117. The van der Waals surface area contributed by atoms with Gasteiger partial charge < -0.3 is 29.7 Å². The van der Waals surface area contributed by atoms with Crippen LogP contribution in [-0.2, 0) is 25.7 Å². The second-order valence-corrected chi connectivity index (χ2v) is 10.5. The van der Waals surface area contributed by atoms with Gasteiger partial charge in [0.15, 0.2) is 0 Å². The number of unbranched alkanes of at least 4 members (excludes halogenated alkanes) is 4. The molecule has 0 fully saturated rings. The van der Waals surface area contributed by atoms with E-state index in [-0.39, 0.29) is 18.2 Å². The van der Waals surface area contributed by atoms with Gasteiger partial charge in [-0.1, -0.05) is 57.0 Å². The molecule has 0 unspecified atom stereocenters. The van der Waals surface area contributed by atoms with E-state index in [0.29, 0.717) is 31.6 Å². The molecule has 234 valence electrons. The molecule has 0 aliphatic rings. The summed E-state index contributed by atoms with van der Waals surface area (Å²) in [6, 6.07) is 9.56. The van der Waals surface area contributed by atoms with Gasteiger partial charge in [0.2, 0.25) is 0 Å². The molecule has 0 aliphatic carbocycles. The van der Waals surface area contributed by atoms with Crippen molar-refractivity contribution in [3.05, 3.63) is 35.9 Å². The number of amides is 2. The minimum Gasteiger partial charge on any atom is -0.445 e. The number of nitrogens with zero attached hydrogens (tertiary/aromatic N) is 1. The van der Waals surface area contributed by atoms with Gasteiger partial charge >= 0.3 is 12.2 Å². The van der Waals surface area contributed by atoms with Gasteiger partial charge in [-0.3, -0.25) is 0 Å². The maximum Gasteiger partial charge on any atom is 0.434 e. The van der Waals surface area contributed by atoms with E-state index in [1.807, 2.05) is 65.0 Å². The second-order valence-electron chi connectivity index (χ2n) is 10.5. The molecule has 2 N–H and O–H groups in total. The number of hydrogen-bond donors (Lipinski definition) is 2. The summed E-state index contributed by atoms with van der Waals surface area (Å²) in [5.74, 6) is 0.466. The Morgan fingerprint density at radius 2 is 1.32 bits per heavy atom. The van der Waals surface area contributed by atoms with Crippen LogP contribution in [0.2, 0.25) is 0 Å². The van der Waals surface area contributed by atoms with Gasteiger partial charge in [0, 0.05) is 31.6 Å². The Kier molecular flexibility index (Phi) is 25.3. The van der Waals surface area contributed by atoms with Crippen LogP contribution in [0, 0.1) is 0 Å². The van der Waals surface area contributed by atoms with E-state index in [0.717, 1.165) is 50.6 Å². The fourth-order valence-electron chi connectivity index (χ4n) is 3.19. The van der Waals surface area contributed by atoms with Crippen molar-refractivity contribution < 1.29 is 28.7 Å². The molecule has 0 aromatic heterocycles. The van der Waals surface area contributed by atoms with E-state index in [4.69, 9.17) is 9.47 Å². The van der Waals surface area contributed by atoms with Gasteiger partial charge in [0.25, 0.3) is 0 Å². The standard InChI is InChI=1S/C15H28N2O3.C15H21NO3.C2H6/c1-12(17-14(19)20-15(3,4)5)11-16-10-8-6-7-9-13(2)18;1-13(17)8-4-3-7-11-16-15(18)19-12-14-9-5-2-6-10-14;1-2/h16H,6-11H2,1-5H3;2,5-6,9-10H,3-4,7-8,11-12H2,1H3,(H,16,18);1-2H3. The molecule has 1 aromatic carbocycles. The number of ether oxygens (including phenoxy) is 2. The first kappa shape index (κ1) is 40.1. The van der Waals surface area contributed by atoms with Crippen LogP contribution in [0.25, 0.3) is 0 Å². The summed E-state index contributed by atoms with van der Waals surface area (Å²) >= 11 is 0. The quantitative estimate of drug-likeness (QED) is 0.157. The van der Waals surface area contributed by atoms with Crippen LogP contribution in [0.5, 0.6) is 0 Å². The van der Waals surface area contributed by atoms with Gasteiger partial charge in [-0.05, 0) is 79.3 Å². The van der Waals surface area contributed by atoms with Crippen molar-refractivity contribution in [2.75, 3.05) is 19.6 Å². The number of hydrogen-bond acceptors (Lipinski definition) is 7. The molecule has 1 rings (SSSR count). The SMILES string of the molecule is CC.CC(=O)CCCCCNC(=O)OCc1ccccc1.CC(=O)CCCCCNCC(C)=NC(=O)OC(C)(C)C. The summed E-state index contributed by atoms with van der Waals surface area (Å²) in [5.41, 5.74) is 1.17. The minimum absolute atomic E-state index is 0.218. The Hall–Kier alpha value is -3.07. The zero-order valence-electron chi connectivity index (χ0n) is 26.8. The summed E-state index contributed by atoms with van der Waals surface area (Å²) in [4.78, 5) is 48.1. The molecule has 1 aromatic rings. The molecule has 0 heterocycles. The highest BCUT2D eigenvalue weighted by molar-refractivity contribution is 5.93. The smallest absolute Gasteiger partial charge is 0.434 e. The summed E-state index contributed by atoms with van der Waals surface area (Å²) in [6.45, 7) is 16.8. The van der Waals surface area contributed by atoms with Gasteiger partial charge in [-0.2, -0.15) is 4.99 Å². The topological polar surface area (TPSA) is 123 Å². The molecule has 2 amide bonds. The van der Waals surface area contributed by atoms with E-state index in [2.05, 4.69) is 15.6 Å². The van der Waals surface area contributed by atoms with E-state index >= 15 is 0 Å². The molecule has 0 saturated carbocycles. The third-order valence-corrected chi connectivity index (χ3v) is 5.13. The molecule has 0 aliphatic heterocycles. The Morgan fingerprint density at radius 1 is 0.780 bits per heavy atom. The average molecular weight is 578 g/mol. The lowest BCUT2D eigenvalue weighted by atomic mass is 10.1. The highest BCUT2D eigenvalue weighted by atomic mass is 16.6. The molecule has 0 spiro atoms. The largest absolute Gasteiger partial charge is 0.445 e. The number of aliphatic imine (C=N–C) groups is 1.